The van der Waals surface area contributed by atoms with E-state index >= 15 is 0 Å². The molecule has 0 saturated heterocycles. The molecule has 0 aliphatic heterocycles. The summed E-state index contributed by atoms with van der Waals surface area (Å²) in [4.78, 5) is 3.49. The highest BCUT2D eigenvalue weighted by Gasteiger charge is 2.46. The van der Waals surface area contributed by atoms with Gasteiger partial charge in [0.15, 0.2) is 0 Å². The van der Waals surface area contributed by atoms with E-state index in [2.05, 4.69) is 19.9 Å². The zero-order valence-electron chi connectivity index (χ0n) is 14.0. The minimum absolute atomic E-state index is 0.179. The molecule has 1 fully saturated rings. The maximum atomic E-state index is 12.7. The van der Waals surface area contributed by atoms with E-state index in [9.17, 15) is 8.42 Å². The van der Waals surface area contributed by atoms with Gasteiger partial charge in [-0.15, -0.1) is 0 Å². The number of benzene rings is 1. The van der Waals surface area contributed by atoms with Gasteiger partial charge in [-0.1, -0.05) is 11.6 Å². The Morgan fingerprint density at radius 1 is 1.32 bits per heavy atom. The Morgan fingerprint density at radius 3 is 2.72 bits per heavy atom. The van der Waals surface area contributed by atoms with Crippen molar-refractivity contribution in [2.24, 2.45) is 0 Å². The molecule has 6 nitrogen and oxygen atoms in total. The largest absolute Gasteiger partial charge is 0.361 e. The standard InChI is InChI=1S/C17H19ClN4O2S/c1-10-16(11(2)22-21-10)25(23,24)20-9-17(5-6-17)14-8-19-15-4-3-12(18)7-13(14)15/h3-4,7-8,19-20H,5-6,9H2,1-2H3,(H,21,22). The van der Waals surface area contributed by atoms with Gasteiger partial charge in [-0.2, -0.15) is 5.10 Å². The Hall–Kier alpha value is -1.83. The molecule has 8 heteroatoms. The van der Waals surface area contributed by atoms with Crippen LogP contribution in [0, 0.1) is 13.8 Å². The van der Waals surface area contributed by atoms with Crippen LogP contribution < -0.4 is 4.72 Å². The molecule has 1 aromatic carbocycles. The highest BCUT2D eigenvalue weighted by atomic mass is 35.5. The van der Waals surface area contributed by atoms with Crippen LogP contribution in [0.5, 0.6) is 0 Å². The summed E-state index contributed by atoms with van der Waals surface area (Å²) in [7, 11) is -3.60. The zero-order chi connectivity index (χ0) is 17.8. The van der Waals surface area contributed by atoms with E-state index < -0.39 is 10.0 Å². The molecule has 1 saturated carbocycles. The van der Waals surface area contributed by atoms with Crippen LogP contribution in [-0.2, 0) is 15.4 Å². The third-order valence-electron chi connectivity index (χ3n) is 5.00. The predicted octanol–water partition coefficient (Wildman–Crippen LogP) is 3.17. The quantitative estimate of drug-likeness (QED) is 0.636. The number of halogens is 1. The maximum Gasteiger partial charge on any atom is 0.244 e. The van der Waals surface area contributed by atoms with Gasteiger partial charge in [0.05, 0.1) is 11.4 Å². The molecule has 132 valence electrons. The Balaban J connectivity index is 1.63. The lowest BCUT2D eigenvalue weighted by Gasteiger charge is -2.16. The number of sulfonamides is 1. The molecule has 0 radical (unpaired) electrons. The first-order valence-electron chi connectivity index (χ1n) is 8.11. The van der Waals surface area contributed by atoms with Crippen molar-refractivity contribution in [3.8, 4) is 0 Å². The molecule has 0 atom stereocenters. The van der Waals surface area contributed by atoms with Crippen LogP contribution in [0.4, 0.5) is 0 Å². The third kappa shape index (κ3) is 2.76. The number of rotatable bonds is 5. The average molecular weight is 379 g/mol. The Labute approximate surface area is 151 Å². The van der Waals surface area contributed by atoms with Gasteiger partial charge in [0.25, 0.3) is 0 Å². The summed E-state index contributed by atoms with van der Waals surface area (Å²) in [5, 5.41) is 8.43. The number of nitrogens with zero attached hydrogens (tertiary/aromatic N) is 1. The predicted molar refractivity (Wildman–Crippen MR) is 97.5 cm³/mol. The molecule has 3 N–H and O–H groups in total. The first-order valence-corrected chi connectivity index (χ1v) is 9.97. The molecule has 0 bridgehead atoms. The van der Waals surface area contributed by atoms with E-state index in [-0.39, 0.29) is 10.3 Å². The van der Waals surface area contributed by atoms with Crippen molar-refractivity contribution in [2.75, 3.05) is 6.54 Å². The fourth-order valence-electron chi connectivity index (χ4n) is 3.47. The van der Waals surface area contributed by atoms with Gasteiger partial charge in [-0.3, -0.25) is 5.10 Å². The number of fused-ring (bicyclic) bond motifs is 1. The average Bonchev–Trinajstić information content (AvgIpc) is 3.10. The second-order valence-corrected chi connectivity index (χ2v) is 8.90. The SMILES string of the molecule is Cc1n[nH]c(C)c1S(=O)(=O)NCC1(c2c[nH]c3ccc(Cl)cc23)CC1. The van der Waals surface area contributed by atoms with Crippen molar-refractivity contribution >= 4 is 32.5 Å². The summed E-state index contributed by atoms with van der Waals surface area (Å²) < 4.78 is 28.2. The first kappa shape index (κ1) is 16.6. The Bertz CT molecular complexity index is 1040. The number of aryl methyl sites for hydroxylation is 2. The summed E-state index contributed by atoms with van der Waals surface area (Å²) >= 11 is 6.13. The lowest BCUT2D eigenvalue weighted by atomic mass is 9.96. The van der Waals surface area contributed by atoms with E-state index in [0.717, 1.165) is 29.3 Å². The molecule has 1 aliphatic carbocycles. The molecule has 0 unspecified atom stereocenters. The lowest BCUT2D eigenvalue weighted by Crippen LogP contribution is -2.32. The van der Waals surface area contributed by atoms with Gasteiger partial charge in [0, 0.05) is 34.1 Å². The summed E-state index contributed by atoms with van der Waals surface area (Å²) in [6.45, 7) is 3.76. The molecular formula is C17H19ClN4O2S. The fourth-order valence-corrected chi connectivity index (χ4v) is 5.13. The number of aromatic nitrogens is 3. The van der Waals surface area contributed by atoms with Crippen LogP contribution >= 0.6 is 11.6 Å². The van der Waals surface area contributed by atoms with E-state index in [1.165, 1.54) is 0 Å². The summed E-state index contributed by atoms with van der Waals surface area (Å²) in [5.74, 6) is 0. The van der Waals surface area contributed by atoms with Crippen molar-refractivity contribution in [3.63, 3.8) is 0 Å². The second kappa shape index (κ2) is 5.59. The van der Waals surface area contributed by atoms with Crippen molar-refractivity contribution < 1.29 is 8.42 Å². The van der Waals surface area contributed by atoms with Crippen molar-refractivity contribution in [3.05, 3.63) is 46.4 Å². The number of aromatic amines is 2. The molecule has 1 aliphatic rings. The molecular weight excluding hydrogens is 360 g/mol. The number of nitrogens with one attached hydrogen (secondary N) is 3. The van der Waals surface area contributed by atoms with Crippen LogP contribution in [-0.4, -0.2) is 30.1 Å². The molecule has 2 heterocycles. The molecule has 0 spiro atoms. The van der Waals surface area contributed by atoms with Crippen LogP contribution in [0.2, 0.25) is 5.02 Å². The first-order chi connectivity index (χ1) is 11.8. The van der Waals surface area contributed by atoms with E-state index in [0.29, 0.717) is 23.0 Å². The Morgan fingerprint density at radius 2 is 2.08 bits per heavy atom. The van der Waals surface area contributed by atoms with Crippen molar-refractivity contribution in [2.45, 2.75) is 37.0 Å². The van der Waals surface area contributed by atoms with E-state index in [1.54, 1.807) is 13.8 Å². The number of H-pyrrole nitrogens is 2. The summed E-state index contributed by atoms with van der Waals surface area (Å²) in [6, 6.07) is 5.72. The molecule has 25 heavy (non-hydrogen) atoms. The van der Waals surface area contributed by atoms with Gasteiger partial charge >= 0.3 is 0 Å². The normalized spacial score (nSPS) is 16.4. The van der Waals surface area contributed by atoms with E-state index in [4.69, 9.17) is 11.6 Å². The minimum Gasteiger partial charge on any atom is -0.361 e. The van der Waals surface area contributed by atoms with Gasteiger partial charge in [-0.25, -0.2) is 13.1 Å². The summed E-state index contributed by atoms with van der Waals surface area (Å²) in [6.07, 6.45) is 3.85. The maximum absolute atomic E-state index is 12.7. The molecule has 3 aromatic rings. The van der Waals surface area contributed by atoms with Crippen LogP contribution in [0.3, 0.4) is 0 Å². The zero-order valence-corrected chi connectivity index (χ0v) is 15.6. The fraction of sp³-hybridized carbons (Fsp3) is 0.353. The van der Waals surface area contributed by atoms with Gasteiger partial charge in [0.1, 0.15) is 4.90 Å². The minimum atomic E-state index is -3.60. The monoisotopic (exact) mass is 378 g/mol. The van der Waals surface area contributed by atoms with Gasteiger partial charge in [-0.05, 0) is 50.5 Å². The highest BCUT2D eigenvalue weighted by molar-refractivity contribution is 7.89. The molecule has 0 amide bonds. The number of hydrogen-bond donors (Lipinski definition) is 3. The lowest BCUT2D eigenvalue weighted by molar-refractivity contribution is 0.566. The van der Waals surface area contributed by atoms with Gasteiger partial charge in [0.2, 0.25) is 10.0 Å². The molecule has 2 aromatic heterocycles. The van der Waals surface area contributed by atoms with Gasteiger partial charge < -0.3 is 4.98 Å². The van der Waals surface area contributed by atoms with Crippen LogP contribution in [0.15, 0.2) is 29.3 Å². The Kier molecular flexibility index (Phi) is 3.72. The molecule has 4 rings (SSSR count). The number of hydrogen-bond acceptors (Lipinski definition) is 3. The van der Waals surface area contributed by atoms with E-state index in [1.807, 2.05) is 24.4 Å². The smallest absolute Gasteiger partial charge is 0.244 e. The summed E-state index contributed by atoms with van der Waals surface area (Å²) in [5.41, 5.74) is 2.98. The van der Waals surface area contributed by atoms with Crippen LogP contribution in [0.25, 0.3) is 10.9 Å². The third-order valence-corrected chi connectivity index (χ3v) is 6.90. The van der Waals surface area contributed by atoms with Crippen molar-refractivity contribution in [1.29, 1.82) is 0 Å². The highest BCUT2D eigenvalue weighted by Crippen LogP contribution is 2.50. The topological polar surface area (TPSA) is 90.6 Å². The van der Waals surface area contributed by atoms with Crippen LogP contribution in [0.1, 0.15) is 29.8 Å². The van der Waals surface area contributed by atoms with Crippen molar-refractivity contribution in [1.82, 2.24) is 19.9 Å². The second-order valence-electron chi connectivity index (χ2n) is 6.76.